The molecule has 3 rings (SSSR count). The normalized spacial score (nSPS) is 19.5. The monoisotopic (exact) mass is 344 g/mol. The highest BCUT2D eigenvalue weighted by atomic mass is 32.2. The van der Waals surface area contributed by atoms with Crippen LogP contribution in [0.5, 0.6) is 0 Å². The first-order valence-corrected chi connectivity index (χ1v) is 9.39. The number of benzene rings is 2. The number of sulfonamides is 1. The van der Waals surface area contributed by atoms with E-state index in [-0.39, 0.29) is 16.7 Å². The average molecular weight is 344 g/mol. The molecule has 1 amide bonds. The maximum absolute atomic E-state index is 12.5. The number of rotatable bonds is 6. The van der Waals surface area contributed by atoms with Gasteiger partial charge in [-0.1, -0.05) is 43.3 Å². The topological polar surface area (TPSA) is 75.3 Å². The quantitative estimate of drug-likeness (QED) is 0.846. The lowest BCUT2D eigenvalue weighted by Gasteiger charge is -2.13. The molecule has 2 N–H and O–H groups in total. The molecule has 126 valence electrons. The Morgan fingerprint density at radius 3 is 2.38 bits per heavy atom. The minimum atomic E-state index is -3.65. The van der Waals surface area contributed by atoms with Crippen molar-refractivity contribution in [1.82, 2.24) is 5.32 Å². The van der Waals surface area contributed by atoms with Gasteiger partial charge in [0.25, 0.3) is 10.0 Å². The average Bonchev–Trinajstić information content (AvgIpc) is 3.31. The zero-order valence-corrected chi connectivity index (χ0v) is 14.2. The van der Waals surface area contributed by atoms with E-state index in [1.54, 1.807) is 48.5 Å². The van der Waals surface area contributed by atoms with Crippen LogP contribution < -0.4 is 10.0 Å². The number of para-hydroxylation sites is 1. The molecule has 0 unspecified atom stereocenters. The third-order valence-corrected chi connectivity index (χ3v) is 5.60. The van der Waals surface area contributed by atoms with Crippen LogP contribution in [-0.4, -0.2) is 14.3 Å². The van der Waals surface area contributed by atoms with E-state index in [1.807, 2.05) is 13.0 Å². The SMILES string of the molecule is C[C@H]1C[C@H]1C(=O)NCc1ccccc1NS(=O)(=O)c1ccccc1. The van der Waals surface area contributed by atoms with Crippen molar-refractivity contribution >= 4 is 21.6 Å². The van der Waals surface area contributed by atoms with Crippen molar-refractivity contribution in [2.75, 3.05) is 4.72 Å². The van der Waals surface area contributed by atoms with Crippen molar-refractivity contribution in [2.45, 2.75) is 24.8 Å². The fraction of sp³-hybridized carbons (Fsp3) is 0.278. The first kappa shape index (κ1) is 16.5. The van der Waals surface area contributed by atoms with Crippen LogP contribution in [0.25, 0.3) is 0 Å². The van der Waals surface area contributed by atoms with Gasteiger partial charge < -0.3 is 5.32 Å². The van der Waals surface area contributed by atoms with Crippen molar-refractivity contribution in [3.05, 3.63) is 60.2 Å². The lowest BCUT2D eigenvalue weighted by atomic mass is 10.2. The number of hydrogen-bond acceptors (Lipinski definition) is 3. The Bertz CT molecular complexity index is 834. The van der Waals surface area contributed by atoms with E-state index in [9.17, 15) is 13.2 Å². The van der Waals surface area contributed by atoms with Crippen molar-refractivity contribution in [3.63, 3.8) is 0 Å². The zero-order chi connectivity index (χ0) is 17.2. The third kappa shape index (κ3) is 3.76. The van der Waals surface area contributed by atoms with Gasteiger partial charge in [0, 0.05) is 12.5 Å². The number of carbonyl (C=O) groups is 1. The molecule has 24 heavy (non-hydrogen) atoms. The fourth-order valence-corrected chi connectivity index (χ4v) is 3.70. The predicted molar refractivity (Wildman–Crippen MR) is 92.8 cm³/mol. The summed E-state index contributed by atoms with van der Waals surface area (Å²) in [6.45, 7) is 2.35. The van der Waals surface area contributed by atoms with Gasteiger partial charge in [-0.25, -0.2) is 8.42 Å². The van der Waals surface area contributed by atoms with E-state index >= 15 is 0 Å². The van der Waals surface area contributed by atoms with Crippen LogP contribution in [0, 0.1) is 11.8 Å². The van der Waals surface area contributed by atoms with E-state index in [0.29, 0.717) is 18.2 Å². The molecule has 0 spiro atoms. The van der Waals surface area contributed by atoms with Gasteiger partial charge in [-0.05, 0) is 36.1 Å². The Hall–Kier alpha value is -2.34. The first-order chi connectivity index (χ1) is 11.5. The van der Waals surface area contributed by atoms with Gasteiger partial charge in [-0.15, -0.1) is 0 Å². The molecule has 0 aliphatic heterocycles. The molecule has 1 fully saturated rings. The molecule has 0 aromatic heterocycles. The number of amides is 1. The van der Waals surface area contributed by atoms with Gasteiger partial charge in [0.2, 0.25) is 5.91 Å². The summed E-state index contributed by atoms with van der Waals surface area (Å²) in [5, 5.41) is 2.88. The summed E-state index contributed by atoms with van der Waals surface area (Å²) in [6.07, 6.45) is 0.925. The Balaban J connectivity index is 1.73. The van der Waals surface area contributed by atoms with E-state index < -0.39 is 10.0 Å². The molecule has 2 aromatic rings. The molecule has 1 aliphatic carbocycles. The molecule has 1 saturated carbocycles. The smallest absolute Gasteiger partial charge is 0.261 e. The van der Waals surface area contributed by atoms with Gasteiger partial charge in [-0.2, -0.15) is 0 Å². The molecular weight excluding hydrogens is 324 g/mol. The largest absolute Gasteiger partial charge is 0.352 e. The van der Waals surface area contributed by atoms with Crippen molar-refractivity contribution < 1.29 is 13.2 Å². The highest BCUT2D eigenvalue weighted by molar-refractivity contribution is 7.92. The van der Waals surface area contributed by atoms with Gasteiger partial charge in [0.1, 0.15) is 0 Å². The summed E-state index contributed by atoms with van der Waals surface area (Å²) >= 11 is 0. The molecular formula is C18H20N2O3S. The summed E-state index contributed by atoms with van der Waals surface area (Å²) in [5.41, 5.74) is 1.21. The summed E-state index contributed by atoms with van der Waals surface area (Å²) in [7, 11) is -3.65. The molecule has 0 heterocycles. The first-order valence-electron chi connectivity index (χ1n) is 7.91. The predicted octanol–water partition coefficient (Wildman–Crippen LogP) is 2.76. The van der Waals surface area contributed by atoms with Gasteiger partial charge in [0.05, 0.1) is 10.6 Å². The maximum Gasteiger partial charge on any atom is 0.261 e. The molecule has 0 bridgehead atoms. The third-order valence-electron chi connectivity index (χ3n) is 4.21. The number of carbonyl (C=O) groups excluding carboxylic acids is 1. The van der Waals surface area contributed by atoms with Gasteiger partial charge >= 0.3 is 0 Å². The van der Waals surface area contributed by atoms with Crippen molar-refractivity contribution in [3.8, 4) is 0 Å². The molecule has 1 aliphatic rings. The summed E-state index contributed by atoms with van der Waals surface area (Å²) in [5.74, 6) is 0.568. The van der Waals surface area contributed by atoms with E-state index in [2.05, 4.69) is 10.0 Å². The molecule has 2 atom stereocenters. The summed E-state index contributed by atoms with van der Waals surface area (Å²) in [4.78, 5) is 12.2. The molecule has 5 nitrogen and oxygen atoms in total. The van der Waals surface area contributed by atoms with Crippen LogP contribution in [-0.2, 0) is 21.4 Å². The Kier molecular flexibility index (Phi) is 4.57. The second-order valence-corrected chi connectivity index (χ2v) is 7.80. The van der Waals surface area contributed by atoms with Crippen LogP contribution in [0.15, 0.2) is 59.5 Å². The minimum Gasteiger partial charge on any atom is -0.352 e. The highest BCUT2D eigenvalue weighted by Crippen LogP contribution is 2.37. The van der Waals surface area contributed by atoms with Crippen molar-refractivity contribution in [1.29, 1.82) is 0 Å². The van der Waals surface area contributed by atoms with Gasteiger partial charge in [0.15, 0.2) is 0 Å². The van der Waals surface area contributed by atoms with Crippen LogP contribution in [0.3, 0.4) is 0 Å². The number of anilines is 1. The Labute approximate surface area is 142 Å². The van der Waals surface area contributed by atoms with E-state index in [0.717, 1.165) is 12.0 Å². The van der Waals surface area contributed by atoms with Crippen LogP contribution in [0.1, 0.15) is 18.9 Å². The van der Waals surface area contributed by atoms with E-state index in [4.69, 9.17) is 0 Å². The highest BCUT2D eigenvalue weighted by Gasteiger charge is 2.38. The maximum atomic E-state index is 12.5. The molecule has 2 aromatic carbocycles. The number of hydrogen-bond donors (Lipinski definition) is 2. The lowest BCUT2D eigenvalue weighted by molar-refractivity contribution is -0.122. The van der Waals surface area contributed by atoms with Crippen molar-refractivity contribution in [2.24, 2.45) is 11.8 Å². The molecule has 6 heteroatoms. The number of nitrogens with one attached hydrogen (secondary N) is 2. The lowest BCUT2D eigenvalue weighted by Crippen LogP contribution is -2.25. The fourth-order valence-electron chi connectivity index (χ4n) is 2.58. The van der Waals surface area contributed by atoms with Crippen LogP contribution >= 0.6 is 0 Å². The standard InChI is InChI=1S/C18H20N2O3S/c1-13-11-16(13)18(21)19-12-14-7-5-6-10-17(14)20-24(22,23)15-8-3-2-4-9-15/h2-10,13,16,20H,11-12H2,1H3,(H,19,21)/t13-,16+/m0/s1. The minimum absolute atomic E-state index is 0.0308. The summed E-state index contributed by atoms with van der Waals surface area (Å²) < 4.78 is 27.5. The molecule has 0 radical (unpaired) electrons. The van der Waals surface area contributed by atoms with Crippen LogP contribution in [0.2, 0.25) is 0 Å². The Morgan fingerprint density at radius 1 is 1.08 bits per heavy atom. The second kappa shape index (κ2) is 6.65. The second-order valence-electron chi connectivity index (χ2n) is 6.11. The van der Waals surface area contributed by atoms with Crippen LogP contribution in [0.4, 0.5) is 5.69 Å². The Morgan fingerprint density at radius 2 is 1.71 bits per heavy atom. The van der Waals surface area contributed by atoms with Gasteiger partial charge in [-0.3, -0.25) is 9.52 Å². The zero-order valence-electron chi connectivity index (χ0n) is 13.4. The van der Waals surface area contributed by atoms with E-state index in [1.165, 1.54) is 0 Å². The summed E-state index contributed by atoms with van der Waals surface area (Å²) in [6, 6.07) is 15.3. The molecule has 0 saturated heterocycles.